The van der Waals surface area contributed by atoms with Crippen LogP contribution in [0.1, 0.15) is 12.8 Å². The third-order valence-electron chi connectivity index (χ3n) is 4.03. The highest BCUT2D eigenvalue weighted by molar-refractivity contribution is 5.86. The molecule has 3 heteroatoms. The van der Waals surface area contributed by atoms with Crippen molar-refractivity contribution < 1.29 is 14.4 Å². The van der Waals surface area contributed by atoms with Gasteiger partial charge in [-0.2, -0.15) is 0 Å². The van der Waals surface area contributed by atoms with Crippen LogP contribution in [0.2, 0.25) is 0 Å². The molecule has 3 aliphatic rings. The maximum atomic E-state index is 12.1. The van der Waals surface area contributed by atoms with Crippen LogP contribution in [-0.4, -0.2) is 31.5 Å². The largest absolute Gasteiger partial charge is 0.487 e. The molecule has 1 N–H and O–H groups in total. The number of Topliss-reactive ketones (excluding diaryl/α,β-unsaturated/α-hetero) is 1. The van der Waals surface area contributed by atoms with Crippen molar-refractivity contribution in [1.29, 1.82) is 0 Å². The number of para-hydroxylation sites is 1. The summed E-state index contributed by atoms with van der Waals surface area (Å²) in [6.45, 7) is 2.81. The summed E-state index contributed by atoms with van der Waals surface area (Å²) in [5.74, 6) is 1.60. The molecule has 0 amide bonds. The zero-order valence-corrected chi connectivity index (χ0v) is 9.89. The summed E-state index contributed by atoms with van der Waals surface area (Å²) in [7, 11) is 0. The van der Waals surface area contributed by atoms with E-state index in [1.165, 1.54) is 4.90 Å². The summed E-state index contributed by atoms with van der Waals surface area (Å²) >= 11 is 0. The van der Waals surface area contributed by atoms with Gasteiger partial charge in [0.25, 0.3) is 0 Å². The highest BCUT2D eigenvalue weighted by Gasteiger charge is 2.44. The topological polar surface area (TPSA) is 30.7 Å². The summed E-state index contributed by atoms with van der Waals surface area (Å²) in [6, 6.07) is 9.83. The van der Waals surface area contributed by atoms with Crippen LogP contribution in [0.4, 0.5) is 0 Å². The van der Waals surface area contributed by atoms with Gasteiger partial charge in [-0.1, -0.05) is 18.2 Å². The van der Waals surface area contributed by atoms with Gasteiger partial charge in [0.05, 0.1) is 13.1 Å². The Bertz CT molecular complexity index is 396. The van der Waals surface area contributed by atoms with E-state index in [4.69, 9.17) is 4.74 Å². The molecule has 0 radical (unpaired) electrons. The van der Waals surface area contributed by atoms with Gasteiger partial charge in [0.2, 0.25) is 0 Å². The molecule has 1 aromatic rings. The van der Waals surface area contributed by atoms with E-state index in [0.717, 1.165) is 31.7 Å². The predicted octanol–water partition coefficient (Wildman–Crippen LogP) is 0.312. The van der Waals surface area contributed by atoms with E-state index in [-0.39, 0.29) is 6.04 Å². The van der Waals surface area contributed by atoms with Gasteiger partial charge in [0, 0.05) is 18.8 Å². The molecule has 3 saturated heterocycles. The molecule has 17 heavy (non-hydrogen) atoms. The Labute approximate surface area is 101 Å². The molecule has 3 heterocycles. The van der Waals surface area contributed by atoms with E-state index < -0.39 is 0 Å². The van der Waals surface area contributed by atoms with E-state index >= 15 is 0 Å². The van der Waals surface area contributed by atoms with E-state index in [2.05, 4.69) is 0 Å². The molecule has 0 spiro atoms. The first-order chi connectivity index (χ1) is 8.34. The molecule has 0 saturated carbocycles. The second-order valence-electron chi connectivity index (χ2n) is 5.01. The Kier molecular flexibility index (Phi) is 2.85. The quantitative estimate of drug-likeness (QED) is 0.813. The number of carbonyl (C=O) groups excluding carboxylic acids is 1. The first-order valence-corrected chi connectivity index (χ1v) is 6.41. The Hall–Kier alpha value is -1.35. The minimum Gasteiger partial charge on any atom is -0.487 e. The molecular formula is C14H18NO2+. The van der Waals surface area contributed by atoms with Gasteiger partial charge in [-0.15, -0.1) is 0 Å². The first kappa shape index (κ1) is 10.8. The van der Waals surface area contributed by atoms with E-state index in [1.807, 2.05) is 30.3 Å². The third-order valence-corrected chi connectivity index (χ3v) is 4.03. The third kappa shape index (κ3) is 2.07. The smallest absolute Gasteiger partial charge is 0.196 e. The molecule has 0 aromatic heterocycles. The van der Waals surface area contributed by atoms with E-state index in [0.29, 0.717) is 18.3 Å². The number of quaternary nitrogens is 1. The number of hydrogen-bond donors (Lipinski definition) is 1. The fourth-order valence-electron chi connectivity index (χ4n) is 3.00. The summed E-state index contributed by atoms with van der Waals surface area (Å²) in [6.07, 6.45) is 2.16. The van der Waals surface area contributed by atoms with Crippen molar-refractivity contribution in [3.05, 3.63) is 30.3 Å². The maximum Gasteiger partial charge on any atom is 0.196 e. The van der Waals surface area contributed by atoms with Gasteiger partial charge in [-0.3, -0.25) is 4.79 Å². The van der Waals surface area contributed by atoms with Gasteiger partial charge in [0.1, 0.15) is 12.4 Å². The Morgan fingerprint density at radius 3 is 2.53 bits per heavy atom. The molecule has 1 aromatic carbocycles. The SMILES string of the molecule is O=C1C2CC[NH+](CC2)[C@@H]1COc1ccccc1. The van der Waals surface area contributed by atoms with Gasteiger partial charge < -0.3 is 9.64 Å². The second-order valence-corrected chi connectivity index (χ2v) is 5.01. The highest BCUT2D eigenvalue weighted by atomic mass is 16.5. The standard InChI is InChI=1S/C14H17NO2/c16-14-11-6-8-15(9-7-11)13(14)10-17-12-4-2-1-3-5-12/h1-5,11,13H,6-10H2/p+1/t13-/m1/s1. The Morgan fingerprint density at radius 2 is 1.88 bits per heavy atom. The molecule has 3 aliphatic heterocycles. The fourth-order valence-corrected chi connectivity index (χ4v) is 3.00. The molecule has 3 fully saturated rings. The molecule has 0 aliphatic carbocycles. The van der Waals surface area contributed by atoms with Crippen molar-refractivity contribution in [1.82, 2.24) is 0 Å². The number of ether oxygens (including phenoxy) is 1. The Morgan fingerprint density at radius 1 is 1.18 bits per heavy atom. The van der Waals surface area contributed by atoms with Gasteiger partial charge >= 0.3 is 0 Å². The fraction of sp³-hybridized carbons (Fsp3) is 0.500. The lowest BCUT2D eigenvalue weighted by Gasteiger charge is -2.40. The predicted molar refractivity (Wildman–Crippen MR) is 64.2 cm³/mol. The first-order valence-electron chi connectivity index (χ1n) is 6.41. The zero-order valence-electron chi connectivity index (χ0n) is 9.89. The average Bonchev–Trinajstić information content (AvgIpc) is 2.40. The van der Waals surface area contributed by atoms with Crippen LogP contribution in [0, 0.1) is 5.92 Å². The minimum atomic E-state index is 0.0720. The van der Waals surface area contributed by atoms with Crippen molar-refractivity contribution in [3.8, 4) is 5.75 Å². The van der Waals surface area contributed by atoms with Crippen molar-refractivity contribution in [3.63, 3.8) is 0 Å². The summed E-state index contributed by atoms with van der Waals surface area (Å²) in [5.41, 5.74) is 0. The number of benzene rings is 1. The molecule has 2 bridgehead atoms. The molecule has 90 valence electrons. The van der Waals surface area contributed by atoms with Gasteiger partial charge in [-0.25, -0.2) is 0 Å². The number of piperidine rings is 3. The molecule has 4 rings (SSSR count). The van der Waals surface area contributed by atoms with Crippen molar-refractivity contribution >= 4 is 5.78 Å². The van der Waals surface area contributed by atoms with Crippen molar-refractivity contribution in [2.75, 3.05) is 19.7 Å². The monoisotopic (exact) mass is 232 g/mol. The van der Waals surface area contributed by atoms with Crippen LogP contribution >= 0.6 is 0 Å². The highest BCUT2D eigenvalue weighted by Crippen LogP contribution is 2.18. The van der Waals surface area contributed by atoms with E-state index in [1.54, 1.807) is 0 Å². The van der Waals surface area contributed by atoms with Gasteiger partial charge in [-0.05, 0) is 12.1 Å². The van der Waals surface area contributed by atoms with Crippen molar-refractivity contribution in [2.24, 2.45) is 5.92 Å². The number of fused-ring (bicyclic) bond motifs is 3. The van der Waals surface area contributed by atoms with Crippen LogP contribution < -0.4 is 9.64 Å². The zero-order chi connectivity index (χ0) is 11.7. The average molecular weight is 232 g/mol. The summed E-state index contributed by atoms with van der Waals surface area (Å²) in [5, 5.41) is 0. The lowest BCUT2D eigenvalue weighted by atomic mass is 9.82. The molecule has 3 nitrogen and oxygen atoms in total. The molecule has 0 unspecified atom stereocenters. The van der Waals surface area contributed by atoms with Crippen LogP contribution in [0.15, 0.2) is 30.3 Å². The minimum absolute atomic E-state index is 0.0720. The van der Waals surface area contributed by atoms with Crippen LogP contribution in [-0.2, 0) is 4.79 Å². The lowest BCUT2D eigenvalue weighted by Crippen LogP contribution is -3.20. The molecule has 1 atom stereocenters. The number of ketones is 1. The molecular weight excluding hydrogens is 214 g/mol. The number of nitrogens with one attached hydrogen (secondary N) is 1. The summed E-state index contributed by atoms with van der Waals surface area (Å²) in [4.78, 5) is 13.5. The van der Waals surface area contributed by atoms with Crippen LogP contribution in [0.25, 0.3) is 0 Å². The van der Waals surface area contributed by atoms with Crippen LogP contribution in [0.3, 0.4) is 0 Å². The lowest BCUT2D eigenvalue weighted by molar-refractivity contribution is -0.927. The number of hydrogen-bond acceptors (Lipinski definition) is 2. The van der Waals surface area contributed by atoms with Gasteiger partial charge in [0.15, 0.2) is 11.8 Å². The Balaban J connectivity index is 1.64. The number of rotatable bonds is 3. The number of carbonyl (C=O) groups is 1. The maximum absolute atomic E-state index is 12.1. The second kappa shape index (κ2) is 4.49. The van der Waals surface area contributed by atoms with E-state index in [9.17, 15) is 4.79 Å². The van der Waals surface area contributed by atoms with Crippen LogP contribution in [0.5, 0.6) is 5.75 Å². The normalized spacial score (nSPS) is 31.5. The van der Waals surface area contributed by atoms with Crippen molar-refractivity contribution in [2.45, 2.75) is 18.9 Å². The summed E-state index contributed by atoms with van der Waals surface area (Å²) < 4.78 is 5.73.